The number of halogens is 1. The Morgan fingerprint density at radius 1 is 1.14 bits per heavy atom. The predicted octanol–water partition coefficient (Wildman–Crippen LogP) is 4.32. The summed E-state index contributed by atoms with van der Waals surface area (Å²) in [6.45, 7) is 4.59. The number of fused-ring (bicyclic) bond motifs is 5. The van der Waals surface area contributed by atoms with Crippen molar-refractivity contribution >= 4 is 27.5 Å². The fourth-order valence-electron chi connectivity index (χ4n) is 6.40. The molecule has 4 rings (SSSR count). The summed E-state index contributed by atoms with van der Waals surface area (Å²) in [5, 5.41) is 0. The average molecular weight is 365 g/mol. The van der Waals surface area contributed by atoms with Crippen molar-refractivity contribution < 1.29 is 9.59 Å². The van der Waals surface area contributed by atoms with Gasteiger partial charge in [0.1, 0.15) is 5.78 Å². The largest absolute Gasteiger partial charge is 0.299 e. The van der Waals surface area contributed by atoms with Crippen molar-refractivity contribution in [3.63, 3.8) is 0 Å². The highest BCUT2D eigenvalue weighted by molar-refractivity contribution is 9.09. The molecule has 2 nitrogen and oxygen atoms in total. The molecule has 4 aliphatic carbocycles. The first-order chi connectivity index (χ1) is 10.4. The molecule has 120 valence electrons. The van der Waals surface area contributed by atoms with Crippen molar-refractivity contribution in [2.75, 3.05) is 0 Å². The molecule has 0 saturated heterocycles. The molecule has 0 aliphatic heterocycles. The van der Waals surface area contributed by atoms with E-state index in [1.54, 1.807) is 0 Å². The van der Waals surface area contributed by atoms with E-state index >= 15 is 0 Å². The van der Waals surface area contributed by atoms with Gasteiger partial charge in [0.05, 0.1) is 0 Å². The van der Waals surface area contributed by atoms with E-state index in [-0.39, 0.29) is 16.6 Å². The second-order valence-corrected chi connectivity index (χ2v) is 9.70. The van der Waals surface area contributed by atoms with Crippen LogP contribution >= 0.6 is 15.9 Å². The number of carbonyl (C=O) groups is 2. The van der Waals surface area contributed by atoms with Crippen LogP contribution in [0.4, 0.5) is 0 Å². The monoisotopic (exact) mass is 364 g/mol. The number of Topliss-reactive ketones (excluding diaryl/α,β-unsaturated/α-hetero) is 1. The van der Waals surface area contributed by atoms with Crippen LogP contribution in [0.1, 0.15) is 52.4 Å². The van der Waals surface area contributed by atoms with Crippen LogP contribution < -0.4 is 0 Å². The fourth-order valence-corrected chi connectivity index (χ4v) is 7.59. The molecule has 0 aromatic rings. The van der Waals surface area contributed by atoms with Crippen LogP contribution in [0.15, 0.2) is 12.2 Å². The van der Waals surface area contributed by atoms with E-state index in [1.807, 2.05) is 6.08 Å². The SMILES string of the molecule is C[C@]12C=CC(=O)CC1C(Br)C[C@@H]1[C@H]2CC[C@]2(C)C(=O)CC[C@@H]12. The maximum atomic E-state index is 12.4. The normalized spacial score (nSPS) is 53.9. The zero-order valence-corrected chi connectivity index (χ0v) is 15.1. The summed E-state index contributed by atoms with van der Waals surface area (Å²) in [7, 11) is 0. The second-order valence-electron chi connectivity index (χ2n) is 8.52. The molecule has 3 heteroatoms. The van der Waals surface area contributed by atoms with Crippen LogP contribution in [0.5, 0.6) is 0 Å². The van der Waals surface area contributed by atoms with Crippen LogP contribution in [0.2, 0.25) is 0 Å². The molecule has 4 aliphatic rings. The summed E-state index contributed by atoms with van der Waals surface area (Å²) in [5.41, 5.74) is 0.0588. The molecular weight excluding hydrogens is 340 g/mol. The fraction of sp³-hybridized carbons (Fsp3) is 0.789. The van der Waals surface area contributed by atoms with Crippen molar-refractivity contribution in [2.24, 2.45) is 34.5 Å². The van der Waals surface area contributed by atoms with E-state index in [4.69, 9.17) is 0 Å². The Hall–Kier alpha value is -0.440. The second kappa shape index (κ2) is 4.78. The van der Waals surface area contributed by atoms with Gasteiger partial charge in [-0.15, -0.1) is 0 Å². The molecule has 7 atom stereocenters. The standard InChI is InChI=1S/C19H25BrO2/c1-18-7-5-11(21)9-15(18)16(20)10-12-13-3-4-17(22)19(13,2)8-6-14(12)18/h5,7,12-16H,3-4,6,8-10H2,1-2H3/t12-,13-,14+,15?,16?,18+,19-/m0/s1. The summed E-state index contributed by atoms with van der Waals surface area (Å²) in [4.78, 5) is 24.7. The van der Waals surface area contributed by atoms with Crippen molar-refractivity contribution in [3.05, 3.63) is 12.2 Å². The highest BCUT2D eigenvalue weighted by Gasteiger charge is 2.61. The third-order valence-electron chi connectivity index (χ3n) is 7.73. The first-order valence-electron chi connectivity index (χ1n) is 8.76. The summed E-state index contributed by atoms with van der Waals surface area (Å²) < 4.78 is 0. The minimum absolute atomic E-state index is 0.0642. The van der Waals surface area contributed by atoms with Gasteiger partial charge < -0.3 is 0 Å². The molecule has 0 amide bonds. The average Bonchev–Trinajstić information content (AvgIpc) is 2.77. The number of allylic oxidation sites excluding steroid dienone is 2. The summed E-state index contributed by atoms with van der Waals surface area (Å²) in [6.07, 6.45) is 9.93. The third-order valence-corrected chi connectivity index (χ3v) is 8.74. The van der Waals surface area contributed by atoms with Crippen LogP contribution in [0, 0.1) is 34.5 Å². The number of carbonyl (C=O) groups excluding carboxylic acids is 2. The van der Waals surface area contributed by atoms with E-state index < -0.39 is 0 Å². The Morgan fingerprint density at radius 3 is 2.68 bits per heavy atom. The lowest BCUT2D eigenvalue weighted by atomic mass is 9.46. The van der Waals surface area contributed by atoms with E-state index in [1.165, 1.54) is 0 Å². The van der Waals surface area contributed by atoms with Crippen molar-refractivity contribution in [1.29, 1.82) is 0 Å². The summed E-state index contributed by atoms with van der Waals surface area (Å²) in [5.74, 6) is 3.04. The van der Waals surface area contributed by atoms with Gasteiger partial charge in [0.25, 0.3) is 0 Å². The van der Waals surface area contributed by atoms with Gasteiger partial charge in [-0.2, -0.15) is 0 Å². The molecule has 22 heavy (non-hydrogen) atoms. The smallest absolute Gasteiger partial charge is 0.155 e. The Morgan fingerprint density at radius 2 is 1.91 bits per heavy atom. The first-order valence-corrected chi connectivity index (χ1v) is 9.67. The Balaban J connectivity index is 1.73. The maximum absolute atomic E-state index is 12.4. The number of ketones is 2. The Labute approximate surface area is 141 Å². The summed E-state index contributed by atoms with van der Waals surface area (Å²) in [6, 6.07) is 0. The molecule has 0 spiro atoms. The minimum atomic E-state index is -0.0642. The van der Waals surface area contributed by atoms with Gasteiger partial charge in [-0.3, -0.25) is 9.59 Å². The van der Waals surface area contributed by atoms with Crippen LogP contribution in [0.25, 0.3) is 0 Å². The van der Waals surface area contributed by atoms with Gasteiger partial charge in [-0.25, -0.2) is 0 Å². The molecule has 0 bridgehead atoms. The first kappa shape index (κ1) is 15.1. The molecular formula is C19H25BrO2. The van der Waals surface area contributed by atoms with Crippen LogP contribution in [-0.2, 0) is 9.59 Å². The zero-order chi connectivity index (χ0) is 15.7. The number of rotatable bonds is 0. The molecule has 0 heterocycles. The van der Waals surface area contributed by atoms with Gasteiger partial charge in [0.2, 0.25) is 0 Å². The molecule has 2 unspecified atom stereocenters. The predicted molar refractivity (Wildman–Crippen MR) is 89.7 cm³/mol. The van der Waals surface area contributed by atoms with E-state index in [9.17, 15) is 9.59 Å². The minimum Gasteiger partial charge on any atom is -0.299 e. The maximum Gasteiger partial charge on any atom is 0.155 e. The topological polar surface area (TPSA) is 34.1 Å². The quantitative estimate of drug-likeness (QED) is 0.600. The number of alkyl halides is 1. The van der Waals surface area contributed by atoms with Gasteiger partial charge in [-0.05, 0) is 60.8 Å². The lowest BCUT2D eigenvalue weighted by Gasteiger charge is -2.59. The van der Waals surface area contributed by atoms with Crippen molar-refractivity contribution in [1.82, 2.24) is 0 Å². The zero-order valence-electron chi connectivity index (χ0n) is 13.5. The highest BCUT2D eigenvalue weighted by Crippen LogP contribution is 2.65. The summed E-state index contributed by atoms with van der Waals surface area (Å²) >= 11 is 3.91. The van der Waals surface area contributed by atoms with Crippen LogP contribution in [-0.4, -0.2) is 16.4 Å². The number of hydrogen-bond donors (Lipinski definition) is 0. The van der Waals surface area contributed by atoms with Crippen molar-refractivity contribution in [3.8, 4) is 0 Å². The van der Waals surface area contributed by atoms with Crippen LogP contribution in [0.3, 0.4) is 0 Å². The number of hydrogen-bond acceptors (Lipinski definition) is 2. The lowest BCUT2D eigenvalue weighted by Crippen LogP contribution is -2.55. The van der Waals surface area contributed by atoms with E-state index in [2.05, 4.69) is 35.9 Å². The van der Waals surface area contributed by atoms with E-state index in [0.717, 1.165) is 32.1 Å². The third kappa shape index (κ3) is 1.84. The van der Waals surface area contributed by atoms with Gasteiger partial charge in [-0.1, -0.05) is 35.9 Å². The molecule has 3 saturated carbocycles. The molecule has 0 N–H and O–H groups in total. The van der Waals surface area contributed by atoms with Gasteiger partial charge in [0.15, 0.2) is 5.78 Å². The molecule has 0 aromatic carbocycles. The van der Waals surface area contributed by atoms with Gasteiger partial charge >= 0.3 is 0 Å². The molecule has 3 fully saturated rings. The van der Waals surface area contributed by atoms with E-state index in [0.29, 0.717) is 40.7 Å². The molecule has 0 aromatic heterocycles. The lowest BCUT2D eigenvalue weighted by molar-refractivity contribution is -0.134. The Bertz CT molecular complexity index is 568. The molecule has 0 radical (unpaired) electrons. The van der Waals surface area contributed by atoms with Gasteiger partial charge in [0, 0.05) is 23.1 Å². The van der Waals surface area contributed by atoms with Crippen molar-refractivity contribution in [2.45, 2.75) is 57.2 Å². The highest BCUT2D eigenvalue weighted by atomic mass is 79.9. The Kier molecular flexibility index (Phi) is 3.28.